The molecule has 0 bridgehead atoms. The molecule has 0 atom stereocenters. The zero-order chi connectivity index (χ0) is 16.7. The molecule has 1 saturated heterocycles. The van der Waals surface area contributed by atoms with Gasteiger partial charge in [0.25, 0.3) is 5.91 Å². The molecule has 1 aliphatic heterocycles. The summed E-state index contributed by atoms with van der Waals surface area (Å²) >= 11 is 0. The van der Waals surface area contributed by atoms with Gasteiger partial charge in [0.15, 0.2) is 6.61 Å². The lowest BCUT2D eigenvalue weighted by atomic mass is 10.2. The second kappa shape index (κ2) is 8.03. The molecule has 0 unspecified atom stereocenters. The van der Waals surface area contributed by atoms with Crippen LogP contribution in [-0.2, 0) is 4.79 Å². The van der Waals surface area contributed by atoms with E-state index in [-0.39, 0.29) is 18.5 Å². The molecule has 122 valence electrons. The van der Waals surface area contributed by atoms with Crippen LogP contribution in [0.3, 0.4) is 0 Å². The molecule has 0 spiro atoms. The zero-order valence-corrected chi connectivity index (χ0v) is 13.1. The highest BCUT2D eigenvalue weighted by Gasteiger charge is 2.24. The van der Waals surface area contributed by atoms with E-state index >= 15 is 0 Å². The third kappa shape index (κ3) is 4.36. The Morgan fingerprint density at radius 3 is 2.52 bits per heavy atom. The molecular weight excluding hydrogens is 296 g/mol. The summed E-state index contributed by atoms with van der Waals surface area (Å²) in [7, 11) is 0. The number of nitrogens with one attached hydrogen (secondary N) is 1. The van der Waals surface area contributed by atoms with E-state index in [2.05, 4.69) is 5.32 Å². The summed E-state index contributed by atoms with van der Waals surface area (Å²) in [6.45, 7) is 4.33. The number of amides is 3. The van der Waals surface area contributed by atoms with Gasteiger partial charge in [-0.25, -0.2) is 4.79 Å². The molecule has 1 aromatic carbocycles. The summed E-state index contributed by atoms with van der Waals surface area (Å²) in [5, 5.41) is 11.7. The second-order valence-electron chi connectivity index (χ2n) is 5.10. The number of piperazine rings is 1. The summed E-state index contributed by atoms with van der Waals surface area (Å²) in [4.78, 5) is 27.2. The average molecular weight is 316 g/mol. The van der Waals surface area contributed by atoms with E-state index in [0.29, 0.717) is 44.0 Å². The van der Waals surface area contributed by atoms with Crippen LogP contribution in [0.2, 0.25) is 0 Å². The first-order chi connectivity index (χ1) is 11.2. The minimum absolute atomic E-state index is 0.0983. The van der Waals surface area contributed by atoms with E-state index < -0.39 is 0 Å². The van der Waals surface area contributed by atoms with E-state index in [4.69, 9.17) is 10.00 Å². The molecule has 7 nitrogen and oxygen atoms in total. The molecule has 0 radical (unpaired) electrons. The van der Waals surface area contributed by atoms with E-state index in [0.717, 1.165) is 0 Å². The standard InChI is InChI=1S/C16H20N4O3/c1-2-18-16(22)20-9-7-19(8-10-20)15(21)12-23-14-6-4-3-5-13(14)11-17/h3-6H,2,7-10,12H2,1H3,(H,18,22). The van der Waals surface area contributed by atoms with Gasteiger partial charge >= 0.3 is 6.03 Å². The SMILES string of the molecule is CCNC(=O)N1CCN(C(=O)COc2ccccc2C#N)CC1. The number of ether oxygens (including phenoxy) is 1. The quantitative estimate of drug-likeness (QED) is 0.891. The van der Waals surface area contributed by atoms with Crippen molar-refractivity contribution in [2.45, 2.75) is 6.92 Å². The number of rotatable bonds is 4. The summed E-state index contributed by atoms with van der Waals surface area (Å²) in [6.07, 6.45) is 0. The van der Waals surface area contributed by atoms with Crippen LogP contribution in [0.25, 0.3) is 0 Å². The Morgan fingerprint density at radius 1 is 1.22 bits per heavy atom. The molecule has 23 heavy (non-hydrogen) atoms. The Bertz CT molecular complexity index is 604. The number of para-hydroxylation sites is 1. The van der Waals surface area contributed by atoms with Gasteiger partial charge in [-0.15, -0.1) is 0 Å². The van der Waals surface area contributed by atoms with E-state index in [1.165, 1.54) is 0 Å². The Labute approximate surface area is 135 Å². The summed E-state index contributed by atoms with van der Waals surface area (Å²) in [6, 6.07) is 8.74. The first-order valence-corrected chi connectivity index (χ1v) is 7.58. The fraction of sp³-hybridized carbons (Fsp3) is 0.438. The molecule has 1 heterocycles. The summed E-state index contributed by atoms with van der Waals surface area (Å²) in [5.41, 5.74) is 0.404. The first-order valence-electron chi connectivity index (χ1n) is 7.58. The molecule has 1 fully saturated rings. The molecule has 3 amide bonds. The zero-order valence-electron chi connectivity index (χ0n) is 13.1. The summed E-state index contributed by atoms with van der Waals surface area (Å²) < 4.78 is 5.45. The fourth-order valence-electron chi connectivity index (χ4n) is 2.34. The summed E-state index contributed by atoms with van der Waals surface area (Å²) in [5.74, 6) is 0.262. The lowest BCUT2D eigenvalue weighted by Gasteiger charge is -2.34. The number of nitrogens with zero attached hydrogens (tertiary/aromatic N) is 3. The maximum Gasteiger partial charge on any atom is 0.317 e. The average Bonchev–Trinajstić information content (AvgIpc) is 2.60. The Balaban J connectivity index is 1.82. The smallest absolute Gasteiger partial charge is 0.317 e. The van der Waals surface area contributed by atoms with Gasteiger partial charge < -0.3 is 19.9 Å². The second-order valence-corrected chi connectivity index (χ2v) is 5.10. The van der Waals surface area contributed by atoms with Crippen molar-refractivity contribution in [3.8, 4) is 11.8 Å². The Hall–Kier alpha value is -2.75. The molecule has 7 heteroatoms. The van der Waals surface area contributed by atoms with Gasteiger partial charge in [0.05, 0.1) is 5.56 Å². The molecule has 0 saturated carbocycles. The predicted octanol–water partition coefficient (Wildman–Crippen LogP) is 0.811. The van der Waals surface area contributed by atoms with E-state index in [1.54, 1.807) is 34.1 Å². The highest BCUT2D eigenvalue weighted by Crippen LogP contribution is 2.16. The lowest BCUT2D eigenvalue weighted by molar-refractivity contribution is -0.134. The van der Waals surface area contributed by atoms with Gasteiger partial charge in [0, 0.05) is 32.7 Å². The van der Waals surface area contributed by atoms with Gasteiger partial charge in [0.1, 0.15) is 11.8 Å². The van der Waals surface area contributed by atoms with Crippen LogP contribution in [0, 0.1) is 11.3 Å². The number of carbonyl (C=O) groups is 2. The molecule has 1 N–H and O–H groups in total. The number of nitriles is 1. The minimum atomic E-state index is -0.145. The highest BCUT2D eigenvalue weighted by molar-refractivity contribution is 5.79. The maximum absolute atomic E-state index is 12.2. The number of hydrogen-bond acceptors (Lipinski definition) is 4. The highest BCUT2D eigenvalue weighted by atomic mass is 16.5. The largest absolute Gasteiger partial charge is 0.482 e. The van der Waals surface area contributed by atoms with Crippen molar-refractivity contribution in [3.05, 3.63) is 29.8 Å². The van der Waals surface area contributed by atoms with Crippen molar-refractivity contribution < 1.29 is 14.3 Å². The number of carbonyl (C=O) groups excluding carboxylic acids is 2. The number of benzene rings is 1. The topological polar surface area (TPSA) is 85.7 Å². The van der Waals surface area contributed by atoms with Crippen LogP contribution in [-0.4, -0.2) is 61.1 Å². The first kappa shape index (κ1) is 16.6. The third-order valence-electron chi connectivity index (χ3n) is 3.61. The Kier molecular flexibility index (Phi) is 5.80. The number of hydrogen-bond donors (Lipinski definition) is 1. The van der Waals surface area contributed by atoms with Crippen LogP contribution in [0.1, 0.15) is 12.5 Å². The third-order valence-corrected chi connectivity index (χ3v) is 3.61. The maximum atomic E-state index is 12.2. The van der Waals surface area contributed by atoms with Crippen molar-refractivity contribution in [1.29, 1.82) is 5.26 Å². The van der Waals surface area contributed by atoms with Gasteiger partial charge in [-0.3, -0.25) is 4.79 Å². The van der Waals surface area contributed by atoms with Crippen LogP contribution in [0.5, 0.6) is 5.75 Å². The molecule has 2 rings (SSSR count). The molecular formula is C16H20N4O3. The van der Waals surface area contributed by atoms with Crippen LogP contribution < -0.4 is 10.1 Å². The molecule has 0 aliphatic carbocycles. The van der Waals surface area contributed by atoms with Gasteiger partial charge in [-0.1, -0.05) is 12.1 Å². The van der Waals surface area contributed by atoms with Gasteiger partial charge in [0.2, 0.25) is 0 Å². The van der Waals surface area contributed by atoms with Crippen molar-refractivity contribution in [2.24, 2.45) is 0 Å². The van der Waals surface area contributed by atoms with Crippen molar-refractivity contribution in [2.75, 3.05) is 39.3 Å². The molecule has 1 aliphatic rings. The molecule has 0 aromatic heterocycles. The number of urea groups is 1. The monoisotopic (exact) mass is 316 g/mol. The van der Waals surface area contributed by atoms with Crippen LogP contribution in [0.15, 0.2) is 24.3 Å². The van der Waals surface area contributed by atoms with Crippen molar-refractivity contribution >= 4 is 11.9 Å². The lowest BCUT2D eigenvalue weighted by Crippen LogP contribution is -2.53. The predicted molar refractivity (Wildman–Crippen MR) is 83.9 cm³/mol. The van der Waals surface area contributed by atoms with Crippen molar-refractivity contribution in [1.82, 2.24) is 15.1 Å². The van der Waals surface area contributed by atoms with Crippen LogP contribution >= 0.6 is 0 Å². The van der Waals surface area contributed by atoms with E-state index in [1.807, 2.05) is 13.0 Å². The van der Waals surface area contributed by atoms with Crippen molar-refractivity contribution in [3.63, 3.8) is 0 Å². The van der Waals surface area contributed by atoms with Gasteiger partial charge in [-0.05, 0) is 19.1 Å². The van der Waals surface area contributed by atoms with E-state index in [9.17, 15) is 9.59 Å². The molecule has 1 aromatic rings. The van der Waals surface area contributed by atoms with Crippen LogP contribution in [0.4, 0.5) is 4.79 Å². The normalized spacial score (nSPS) is 14.1. The Morgan fingerprint density at radius 2 is 1.87 bits per heavy atom. The van der Waals surface area contributed by atoms with Gasteiger partial charge in [-0.2, -0.15) is 5.26 Å². The minimum Gasteiger partial charge on any atom is -0.482 e. The fourth-order valence-corrected chi connectivity index (χ4v) is 2.34.